The molecule has 2 heterocycles. The molecular formula is C23H29N3O5. The van der Waals surface area contributed by atoms with Gasteiger partial charge in [-0.3, -0.25) is 28.8 Å². The molecule has 2 aliphatic rings. The number of fused-ring (bicyclic) bond motifs is 1. The van der Waals surface area contributed by atoms with E-state index in [0.29, 0.717) is 30.2 Å². The zero-order chi connectivity index (χ0) is 22.1. The number of piperidine rings is 1. The lowest BCUT2D eigenvalue weighted by Gasteiger charge is -2.28. The molecule has 0 bridgehead atoms. The van der Waals surface area contributed by atoms with Crippen molar-refractivity contribution in [2.75, 3.05) is 7.11 Å². The molecule has 2 fully saturated rings. The van der Waals surface area contributed by atoms with Crippen LogP contribution in [0.3, 0.4) is 0 Å². The number of methoxy groups -OCH3 is 1. The lowest BCUT2D eigenvalue weighted by atomic mass is 9.78. The van der Waals surface area contributed by atoms with Gasteiger partial charge in [0.2, 0.25) is 11.8 Å². The van der Waals surface area contributed by atoms with Gasteiger partial charge in [0.05, 0.1) is 18.1 Å². The van der Waals surface area contributed by atoms with Crippen molar-refractivity contribution in [2.24, 2.45) is 18.9 Å². The van der Waals surface area contributed by atoms with Gasteiger partial charge in [-0.1, -0.05) is 6.07 Å². The number of hydrogen-bond acceptors (Lipinski definition) is 5. The number of imide groups is 1. The average molecular weight is 428 g/mol. The van der Waals surface area contributed by atoms with E-state index in [-0.39, 0.29) is 24.0 Å². The van der Waals surface area contributed by atoms with Gasteiger partial charge in [0.25, 0.3) is 0 Å². The van der Waals surface area contributed by atoms with Crippen LogP contribution in [0.1, 0.15) is 56.6 Å². The second-order valence-electron chi connectivity index (χ2n) is 8.87. The van der Waals surface area contributed by atoms with Gasteiger partial charge in [0.1, 0.15) is 6.04 Å². The summed E-state index contributed by atoms with van der Waals surface area (Å²) in [7, 11) is 3.15. The summed E-state index contributed by atoms with van der Waals surface area (Å²) in [4.78, 5) is 48.2. The quantitative estimate of drug-likeness (QED) is 0.583. The Bertz CT molecular complexity index is 1070. The summed E-state index contributed by atoms with van der Waals surface area (Å²) in [5.41, 5.74) is 2.43. The number of imidazole rings is 1. The minimum absolute atomic E-state index is 0.129. The number of nitrogens with one attached hydrogen (secondary N) is 1. The molecule has 2 amide bonds. The number of benzene rings is 1. The fourth-order valence-corrected chi connectivity index (χ4v) is 5.06. The molecule has 1 saturated carbocycles. The second kappa shape index (κ2) is 8.69. The van der Waals surface area contributed by atoms with E-state index in [4.69, 9.17) is 4.74 Å². The highest BCUT2D eigenvalue weighted by Crippen LogP contribution is 2.33. The molecule has 2 aromatic rings. The molecule has 1 aliphatic carbocycles. The first-order chi connectivity index (χ1) is 14.9. The van der Waals surface area contributed by atoms with Crippen LogP contribution in [-0.2, 0) is 32.6 Å². The zero-order valence-electron chi connectivity index (χ0n) is 18.1. The summed E-state index contributed by atoms with van der Waals surface area (Å²) in [6.45, 7) is 0. The van der Waals surface area contributed by atoms with Gasteiger partial charge in [0, 0.05) is 19.9 Å². The fraction of sp³-hybridized carbons (Fsp3) is 0.565. The fourth-order valence-electron chi connectivity index (χ4n) is 5.06. The molecule has 8 nitrogen and oxygen atoms in total. The van der Waals surface area contributed by atoms with E-state index in [9.17, 15) is 19.2 Å². The summed E-state index contributed by atoms with van der Waals surface area (Å²) in [6, 6.07) is 5.33. The molecule has 0 radical (unpaired) electrons. The molecule has 4 rings (SSSR count). The standard InChI is InChI=1S/C23H29N3O5/c1-25-19-12-16(11-14-3-5-15(6-4-14)13-21(28)31-2)7-8-17(19)26(23(25)30)18-9-10-20(27)24-22(18)29/h7-8,12,14-15,18H,3-6,9-11,13H2,1-2H3,(H,24,27,29). The van der Waals surface area contributed by atoms with E-state index < -0.39 is 11.9 Å². The summed E-state index contributed by atoms with van der Waals surface area (Å²) in [5.74, 6) is 0.127. The van der Waals surface area contributed by atoms with Crippen LogP contribution >= 0.6 is 0 Å². The monoisotopic (exact) mass is 427 g/mol. The van der Waals surface area contributed by atoms with Gasteiger partial charge in [0.15, 0.2) is 0 Å². The Kier molecular flexibility index (Phi) is 5.98. The Morgan fingerprint density at radius 1 is 1.06 bits per heavy atom. The van der Waals surface area contributed by atoms with Gasteiger partial charge in [-0.25, -0.2) is 4.79 Å². The summed E-state index contributed by atoms with van der Waals surface area (Å²) >= 11 is 0. The Morgan fingerprint density at radius 3 is 2.45 bits per heavy atom. The smallest absolute Gasteiger partial charge is 0.329 e. The number of carbonyl (C=O) groups excluding carboxylic acids is 3. The number of aryl methyl sites for hydroxylation is 1. The minimum Gasteiger partial charge on any atom is -0.469 e. The molecule has 8 heteroatoms. The Morgan fingerprint density at radius 2 is 1.77 bits per heavy atom. The number of amides is 2. The van der Waals surface area contributed by atoms with E-state index in [0.717, 1.165) is 37.6 Å². The summed E-state index contributed by atoms with van der Waals surface area (Å²) in [5, 5.41) is 2.34. The summed E-state index contributed by atoms with van der Waals surface area (Å²) in [6.07, 6.45) is 6.23. The van der Waals surface area contributed by atoms with Gasteiger partial charge in [-0.05, 0) is 68.1 Å². The van der Waals surface area contributed by atoms with Crippen LogP contribution < -0.4 is 11.0 Å². The van der Waals surface area contributed by atoms with Crippen molar-refractivity contribution in [3.8, 4) is 0 Å². The first-order valence-corrected chi connectivity index (χ1v) is 11.0. The van der Waals surface area contributed by atoms with Crippen molar-refractivity contribution in [1.29, 1.82) is 0 Å². The molecule has 166 valence electrons. The number of nitrogens with zero attached hydrogens (tertiary/aromatic N) is 2. The predicted octanol–water partition coefficient (Wildman–Crippen LogP) is 2.23. The maximum Gasteiger partial charge on any atom is 0.329 e. The molecule has 1 aliphatic heterocycles. The van der Waals surface area contributed by atoms with E-state index in [2.05, 4.69) is 5.32 Å². The topological polar surface area (TPSA) is 99.4 Å². The molecule has 0 spiro atoms. The molecule has 31 heavy (non-hydrogen) atoms. The van der Waals surface area contributed by atoms with Crippen molar-refractivity contribution >= 4 is 28.8 Å². The van der Waals surface area contributed by atoms with Crippen molar-refractivity contribution < 1.29 is 19.1 Å². The lowest BCUT2D eigenvalue weighted by molar-refractivity contribution is -0.142. The highest BCUT2D eigenvalue weighted by Gasteiger charge is 2.31. The van der Waals surface area contributed by atoms with E-state index in [1.807, 2.05) is 18.2 Å². The Hall–Kier alpha value is -2.90. The highest BCUT2D eigenvalue weighted by atomic mass is 16.5. The first kappa shape index (κ1) is 21.3. The van der Waals surface area contributed by atoms with Crippen LogP contribution in [0.25, 0.3) is 11.0 Å². The molecule has 1 N–H and O–H groups in total. The number of esters is 1. The van der Waals surface area contributed by atoms with Crippen LogP contribution in [0, 0.1) is 11.8 Å². The molecule has 1 unspecified atom stereocenters. The largest absolute Gasteiger partial charge is 0.469 e. The van der Waals surface area contributed by atoms with Crippen molar-refractivity contribution in [2.45, 2.75) is 57.4 Å². The molecule has 1 saturated heterocycles. The number of carbonyl (C=O) groups is 3. The minimum atomic E-state index is -0.662. The van der Waals surface area contributed by atoms with Gasteiger partial charge in [-0.2, -0.15) is 0 Å². The predicted molar refractivity (Wildman–Crippen MR) is 114 cm³/mol. The van der Waals surface area contributed by atoms with E-state index in [1.54, 1.807) is 11.6 Å². The lowest BCUT2D eigenvalue weighted by Crippen LogP contribution is -2.44. The molecular weight excluding hydrogens is 398 g/mol. The van der Waals surface area contributed by atoms with Crippen LogP contribution in [0.5, 0.6) is 0 Å². The van der Waals surface area contributed by atoms with Crippen molar-refractivity contribution in [3.63, 3.8) is 0 Å². The van der Waals surface area contributed by atoms with Gasteiger partial charge in [-0.15, -0.1) is 0 Å². The normalized spacial score (nSPS) is 24.3. The third kappa shape index (κ3) is 4.29. The maximum atomic E-state index is 12.9. The maximum absolute atomic E-state index is 12.9. The van der Waals surface area contributed by atoms with Crippen LogP contribution in [0.4, 0.5) is 0 Å². The number of hydrogen-bond donors (Lipinski definition) is 1. The number of rotatable bonds is 5. The van der Waals surface area contributed by atoms with Crippen LogP contribution in [-0.4, -0.2) is 34.0 Å². The Balaban J connectivity index is 1.50. The molecule has 1 aromatic carbocycles. The summed E-state index contributed by atoms with van der Waals surface area (Å²) < 4.78 is 7.88. The van der Waals surface area contributed by atoms with E-state index >= 15 is 0 Å². The van der Waals surface area contributed by atoms with Crippen LogP contribution in [0.2, 0.25) is 0 Å². The van der Waals surface area contributed by atoms with Gasteiger partial charge < -0.3 is 4.74 Å². The molecule has 1 atom stereocenters. The SMILES string of the molecule is COC(=O)CC1CCC(Cc2ccc3c(c2)n(C)c(=O)n3C2CCC(=O)NC2=O)CC1. The zero-order valence-corrected chi connectivity index (χ0v) is 18.1. The van der Waals surface area contributed by atoms with Crippen molar-refractivity contribution in [1.82, 2.24) is 14.5 Å². The highest BCUT2D eigenvalue weighted by molar-refractivity contribution is 6.00. The Labute approximate surface area is 180 Å². The van der Waals surface area contributed by atoms with Crippen molar-refractivity contribution in [3.05, 3.63) is 34.2 Å². The number of ether oxygens (including phenoxy) is 1. The first-order valence-electron chi connectivity index (χ1n) is 11.0. The van der Waals surface area contributed by atoms with Gasteiger partial charge >= 0.3 is 11.7 Å². The second-order valence-corrected chi connectivity index (χ2v) is 8.87. The number of aromatic nitrogens is 2. The average Bonchev–Trinajstić information content (AvgIpc) is 3.00. The third-order valence-electron chi connectivity index (χ3n) is 6.85. The third-order valence-corrected chi connectivity index (χ3v) is 6.85. The van der Waals surface area contributed by atoms with E-state index in [1.165, 1.54) is 17.2 Å². The van der Waals surface area contributed by atoms with Crippen LogP contribution in [0.15, 0.2) is 23.0 Å². The molecule has 1 aromatic heterocycles.